The monoisotopic (exact) mass is 298 g/mol. The zero-order valence-corrected chi connectivity index (χ0v) is 12.1. The van der Waals surface area contributed by atoms with Gasteiger partial charge < -0.3 is 5.11 Å². The predicted octanol–water partition coefficient (Wildman–Crippen LogP) is 4.83. The maximum atomic E-state index is 13.0. The molecule has 0 aromatic heterocycles. The lowest BCUT2D eigenvalue weighted by Gasteiger charge is -2.17. The summed E-state index contributed by atoms with van der Waals surface area (Å²) in [5.74, 6) is -0.426. The largest absolute Gasteiger partial charge is 0.384 e. The van der Waals surface area contributed by atoms with E-state index >= 15 is 0 Å². The molecular weight excluding hydrogens is 286 g/mol. The molecule has 4 heteroatoms. The Morgan fingerprint density at radius 2 is 1.63 bits per heavy atom. The molecule has 0 bridgehead atoms. The van der Waals surface area contributed by atoms with E-state index in [4.69, 9.17) is 23.2 Å². The van der Waals surface area contributed by atoms with Crippen LogP contribution < -0.4 is 0 Å². The van der Waals surface area contributed by atoms with Crippen LogP contribution in [-0.2, 0) is 0 Å². The standard InChI is InChI=1S/C15H13Cl2FO/c1-8-6-13(16)9(2)5-12(8)15(19)11-4-3-10(18)7-14(11)17/h3-7,15,19H,1-2H3. The molecule has 0 amide bonds. The summed E-state index contributed by atoms with van der Waals surface area (Å²) in [5.41, 5.74) is 2.94. The fourth-order valence-electron chi connectivity index (χ4n) is 1.99. The molecule has 0 aliphatic heterocycles. The zero-order chi connectivity index (χ0) is 14.2. The molecule has 2 aromatic rings. The molecular formula is C15H13Cl2FO. The highest BCUT2D eigenvalue weighted by Crippen LogP contribution is 2.32. The molecule has 0 aliphatic rings. The lowest BCUT2D eigenvalue weighted by molar-refractivity contribution is 0.219. The van der Waals surface area contributed by atoms with E-state index in [0.717, 1.165) is 16.7 Å². The molecule has 1 unspecified atom stereocenters. The summed E-state index contributed by atoms with van der Waals surface area (Å²) < 4.78 is 13.0. The van der Waals surface area contributed by atoms with Crippen molar-refractivity contribution in [2.75, 3.05) is 0 Å². The van der Waals surface area contributed by atoms with Crippen LogP contribution in [0, 0.1) is 19.7 Å². The normalized spacial score (nSPS) is 12.5. The van der Waals surface area contributed by atoms with Crippen molar-refractivity contribution in [3.05, 3.63) is 68.4 Å². The summed E-state index contributed by atoms with van der Waals surface area (Å²) >= 11 is 12.0. The highest BCUT2D eigenvalue weighted by molar-refractivity contribution is 6.31. The van der Waals surface area contributed by atoms with E-state index in [1.807, 2.05) is 19.9 Å². The van der Waals surface area contributed by atoms with Crippen LogP contribution in [-0.4, -0.2) is 5.11 Å². The molecule has 2 rings (SSSR count). The van der Waals surface area contributed by atoms with E-state index in [0.29, 0.717) is 10.6 Å². The number of aryl methyl sites for hydroxylation is 2. The maximum absolute atomic E-state index is 13.0. The number of aliphatic hydroxyl groups excluding tert-OH is 1. The van der Waals surface area contributed by atoms with Crippen LogP contribution in [0.5, 0.6) is 0 Å². The van der Waals surface area contributed by atoms with Gasteiger partial charge in [-0.1, -0.05) is 35.3 Å². The summed E-state index contributed by atoms with van der Waals surface area (Å²) in [4.78, 5) is 0. The van der Waals surface area contributed by atoms with E-state index in [-0.39, 0.29) is 5.02 Å². The molecule has 0 saturated heterocycles. The van der Waals surface area contributed by atoms with E-state index in [2.05, 4.69) is 0 Å². The molecule has 0 saturated carbocycles. The summed E-state index contributed by atoms with van der Waals surface area (Å²) in [6, 6.07) is 7.58. The molecule has 2 aromatic carbocycles. The highest BCUT2D eigenvalue weighted by atomic mass is 35.5. The number of halogens is 3. The summed E-state index contributed by atoms with van der Waals surface area (Å²) in [6.45, 7) is 3.73. The first-order chi connectivity index (χ1) is 8.90. The molecule has 100 valence electrons. The van der Waals surface area contributed by atoms with Gasteiger partial charge in [0.15, 0.2) is 0 Å². The van der Waals surface area contributed by atoms with Crippen LogP contribution >= 0.6 is 23.2 Å². The molecule has 0 spiro atoms. The zero-order valence-electron chi connectivity index (χ0n) is 10.5. The summed E-state index contributed by atoms with van der Waals surface area (Å²) in [7, 11) is 0. The van der Waals surface area contributed by atoms with Crippen LogP contribution in [0.2, 0.25) is 10.0 Å². The summed E-state index contributed by atoms with van der Waals surface area (Å²) in [5, 5.41) is 11.3. The van der Waals surface area contributed by atoms with Gasteiger partial charge in [0, 0.05) is 15.6 Å². The number of rotatable bonds is 2. The Bertz CT molecular complexity index is 626. The third kappa shape index (κ3) is 2.92. The first-order valence-electron chi connectivity index (χ1n) is 5.80. The van der Waals surface area contributed by atoms with Crippen LogP contribution in [0.4, 0.5) is 4.39 Å². The first-order valence-corrected chi connectivity index (χ1v) is 6.55. The second-order valence-electron chi connectivity index (χ2n) is 4.53. The minimum atomic E-state index is -0.899. The Morgan fingerprint density at radius 3 is 2.26 bits per heavy atom. The van der Waals surface area contributed by atoms with Gasteiger partial charge in [0.05, 0.1) is 0 Å². The van der Waals surface area contributed by atoms with Crippen LogP contribution in [0.3, 0.4) is 0 Å². The van der Waals surface area contributed by atoms with Crippen molar-refractivity contribution in [3.63, 3.8) is 0 Å². The minimum Gasteiger partial charge on any atom is -0.384 e. The van der Waals surface area contributed by atoms with Crippen LogP contribution in [0.1, 0.15) is 28.4 Å². The van der Waals surface area contributed by atoms with Crippen molar-refractivity contribution < 1.29 is 9.50 Å². The minimum absolute atomic E-state index is 0.208. The van der Waals surface area contributed by atoms with Crippen molar-refractivity contribution in [2.45, 2.75) is 20.0 Å². The van der Waals surface area contributed by atoms with Gasteiger partial charge >= 0.3 is 0 Å². The number of hydrogen-bond donors (Lipinski definition) is 1. The number of aliphatic hydroxyl groups is 1. The molecule has 19 heavy (non-hydrogen) atoms. The third-order valence-electron chi connectivity index (χ3n) is 3.10. The molecule has 0 radical (unpaired) electrons. The SMILES string of the molecule is Cc1cc(C(O)c2ccc(F)cc2Cl)c(C)cc1Cl. The lowest BCUT2D eigenvalue weighted by atomic mass is 9.96. The molecule has 1 atom stereocenters. The average Bonchev–Trinajstić information content (AvgIpc) is 2.33. The first kappa shape index (κ1) is 14.3. The van der Waals surface area contributed by atoms with Gasteiger partial charge in [0.2, 0.25) is 0 Å². The van der Waals surface area contributed by atoms with Gasteiger partial charge in [-0.3, -0.25) is 0 Å². The quantitative estimate of drug-likeness (QED) is 0.842. The van der Waals surface area contributed by atoms with Crippen molar-refractivity contribution in [3.8, 4) is 0 Å². The maximum Gasteiger partial charge on any atom is 0.124 e. The Hall–Kier alpha value is -1.09. The number of hydrogen-bond acceptors (Lipinski definition) is 1. The van der Waals surface area contributed by atoms with Crippen LogP contribution in [0.25, 0.3) is 0 Å². The van der Waals surface area contributed by atoms with E-state index in [9.17, 15) is 9.50 Å². The van der Waals surface area contributed by atoms with Gasteiger partial charge in [-0.2, -0.15) is 0 Å². The van der Waals surface area contributed by atoms with Gasteiger partial charge in [0.25, 0.3) is 0 Å². The van der Waals surface area contributed by atoms with Gasteiger partial charge in [-0.15, -0.1) is 0 Å². The average molecular weight is 299 g/mol. The predicted molar refractivity (Wildman–Crippen MR) is 76.4 cm³/mol. The summed E-state index contributed by atoms with van der Waals surface area (Å²) in [6.07, 6.45) is -0.899. The Kier molecular flexibility index (Phi) is 4.14. The van der Waals surface area contributed by atoms with Gasteiger partial charge in [0.1, 0.15) is 11.9 Å². The molecule has 1 N–H and O–H groups in total. The van der Waals surface area contributed by atoms with Crippen LogP contribution in [0.15, 0.2) is 30.3 Å². The molecule has 0 aliphatic carbocycles. The van der Waals surface area contributed by atoms with Crippen molar-refractivity contribution in [1.82, 2.24) is 0 Å². The Balaban J connectivity index is 2.49. The van der Waals surface area contributed by atoms with Crippen molar-refractivity contribution >= 4 is 23.2 Å². The Labute approximate surface area is 121 Å². The van der Waals surface area contributed by atoms with E-state index < -0.39 is 11.9 Å². The molecule has 0 fully saturated rings. The smallest absolute Gasteiger partial charge is 0.124 e. The van der Waals surface area contributed by atoms with E-state index in [1.165, 1.54) is 18.2 Å². The Morgan fingerprint density at radius 1 is 0.947 bits per heavy atom. The second-order valence-corrected chi connectivity index (χ2v) is 5.34. The fraction of sp³-hybridized carbons (Fsp3) is 0.200. The second kappa shape index (κ2) is 5.49. The van der Waals surface area contributed by atoms with Gasteiger partial charge in [-0.25, -0.2) is 4.39 Å². The molecule has 1 nitrogen and oxygen atoms in total. The van der Waals surface area contributed by atoms with E-state index in [1.54, 1.807) is 6.07 Å². The fourth-order valence-corrected chi connectivity index (χ4v) is 2.48. The van der Waals surface area contributed by atoms with Gasteiger partial charge in [-0.05, 0) is 48.7 Å². The lowest BCUT2D eigenvalue weighted by Crippen LogP contribution is -2.04. The topological polar surface area (TPSA) is 20.2 Å². The number of benzene rings is 2. The third-order valence-corrected chi connectivity index (χ3v) is 3.83. The molecule has 0 heterocycles. The van der Waals surface area contributed by atoms with Crippen molar-refractivity contribution in [2.24, 2.45) is 0 Å². The van der Waals surface area contributed by atoms with Crippen molar-refractivity contribution in [1.29, 1.82) is 0 Å². The highest BCUT2D eigenvalue weighted by Gasteiger charge is 2.17.